The number of hydrogen-bond donors (Lipinski definition) is 1. The fourth-order valence-electron chi connectivity index (χ4n) is 2.13. The van der Waals surface area contributed by atoms with Crippen molar-refractivity contribution in [1.82, 2.24) is 9.38 Å². The molecule has 0 fully saturated rings. The van der Waals surface area contributed by atoms with Crippen LogP contribution in [0.5, 0.6) is 5.75 Å². The molecule has 5 heteroatoms. The number of aromatic nitrogens is 2. The minimum absolute atomic E-state index is 0.0200. The Hall–Kier alpha value is -1.60. The molecule has 0 spiro atoms. The number of pyridine rings is 1. The zero-order chi connectivity index (χ0) is 14.8. The molecule has 0 bridgehead atoms. The fourth-order valence-corrected chi connectivity index (χ4v) is 2.58. The van der Waals surface area contributed by atoms with Crippen molar-refractivity contribution in [1.29, 1.82) is 0 Å². The Kier molecular flexibility index (Phi) is 4.12. The van der Waals surface area contributed by atoms with Crippen LogP contribution in [-0.4, -0.2) is 27.7 Å². The summed E-state index contributed by atoms with van der Waals surface area (Å²) in [5.74, 6) is 0.752. The third kappa shape index (κ3) is 3.03. The Morgan fingerprint density at radius 1 is 1.24 bits per heavy atom. The molecule has 21 heavy (non-hydrogen) atoms. The maximum atomic E-state index is 8.75. The van der Waals surface area contributed by atoms with Crippen LogP contribution in [0.1, 0.15) is 5.56 Å². The lowest BCUT2D eigenvalue weighted by Gasteiger charge is -2.04. The highest BCUT2D eigenvalue weighted by Crippen LogP contribution is 2.23. The SMILES string of the molecule is Cc1cc2nc(-c3ccc(OCCO)cc3)cn2cc1[123I]. The number of aliphatic hydroxyl groups is 1. The van der Waals surface area contributed by atoms with Crippen LogP contribution in [0.2, 0.25) is 0 Å². The zero-order valence-electron chi connectivity index (χ0n) is 11.6. The minimum Gasteiger partial charge on any atom is -0.491 e. The van der Waals surface area contributed by atoms with Gasteiger partial charge in [0, 0.05) is 21.5 Å². The van der Waals surface area contributed by atoms with Gasteiger partial charge in [0.1, 0.15) is 18.0 Å². The van der Waals surface area contributed by atoms with Crippen LogP contribution in [0.3, 0.4) is 0 Å². The normalized spacial score (nSPS) is 11.0. The van der Waals surface area contributed by atoms with Crippen molar-refractivity contribution in [2.75, 3.05) is 13.2 Å². The smallest absolute Gasteiger partial charge is 0.137 e. The van der Waals surface area contributed by atoms with Crippen molar-refractivity contribution in [3.05, 3.63) is 51.9 Å². The number of aliphatic hydroxyl groups excluding tert-OH is 1. The van der Waals surface area contributed by atoms with Gasteiger partial charge in [0.05, 0.1) is 12.3 Å². The van der Waals surface area contributed by atoms with Gasteiger partial charge >= 0.3 is 0 Å². The van der Waals surface area contributed by atoms with Gasteiger partial charge in [-0.05, 0) is 65.4 Å². The van der Waals surface area contributed by atoms with E-state index < -0.39 is 0 Å². The summed E-state index contributed by atoms with van der Waals surface area (Å²) < 4.78 is 8.62. The first-order valence-corrected chi connectivity index (χ1v) is 7.74. The number of hydrogen-bond acceptors (Lipinski definition) is 3. The molecule has 4 nitrogen and oxygen atoms in total. The average Bonchev–Trinajstić information content (AvgIpc) is 2.89. The van der Waals surface area contributed by atoms with Crippen molar-refractivity contribution < 1.29 is 9.84 Å². The van der Waals surface area contributed by atoms with Gasteiger partial charge < -0.3 is 14.2 Å². The number of aryl methyl sites for hydroxylation is 1. The molecule has 1 N–H and O–H groups in total. The molecule has 0 saturated heterocycles. The van der Waals surface area contributed by atoms with Crippen LogP contribution < -0.4 is 4.74 Å². The molecule has 0 aliphatic heterocycles. The molecule has 0 amide bonds. The van der Waals surface area contributed by atoms with Crippen molar-refractivity contribution in [2.24, 2.45) is 0 Å². The Morgan fingerprint density at radius 3 is 2.71 bits per heavy atom. The second-order valence-corrected chi connectivity index (χ2v) is 5.95. The number of ether oxygens (including phenoxy) is 1. The standard InChI is InChI=1S/C16H15IN2O2/c1-11-8-16-18-15(10-19(16)9-14(11)17)12-2-4-13(5-3-12)21-7-6-20/h2-5,8-10,20H,6-7H2,1H3/i17-4. The van der Waals surface area contributed by atoms with Crippen molar-refractivity contribution in [3.8, 4) is 17.0 Å². The molecule has 0 radical (unpaired) electrons. The van der Waals surface area contributed by atoms with E-state index >= 15 is 0 Å². The molecule has 0 atom stereocenters. The highest BCUT2D eigenvalue weighted by molar-refractivity contribution is 14.1. The van der Waals surface area contributed by atoms with Crippen molar-refractivity contribution in [3.63, 3.8) is 0 Å². The summed E-state index contributed by atoms with van der Waals surface area (Å²) in [6, 6.07) is 9.83. The van der Waals surface area contributed by atoms with E-state index in [9.17, 15) is 0 Å². The van der Waals surface area contributed by atoms with Gasteiger partial charge in [0.2, 0.25) is 0 Å². The lowest BCUT2D eigenvalue weighted by atomic mass is 10.2. The maximum Gasteiger partial charge on any atom is 0.137 e. The summed E-state index contributed by atoms with van der Waals surface area (Å²) in [4.78, 5) is 4.66. The van der Waals surface area contributed by atoms with E-state index in [4.69, 9.17) is 9.84 Å². The summed E-state index contributed by atoms with van der Waals surface area (Å²) >= 11 is 2.33. The summed E-state index contributed by atoms with van der Waals surface area (Å²) in [6.45, 7) is 2.42. The Morgan fingerprint density at radius 2 is 2.00 bits per heavy atom. The molecular weight excluding hydrogens is 375 g/mol. The van der Waals surface area contributed by atoms with E-state index in [1.54, 1.807) is 0 Å². The first-order valence-electron chi connectivity index (χ1n) is 6.66. The molecule has 108 valence electrons. The molecule has 0 aliphatic carbocycles. The van der Waals surface area contributed by atoms with Crippen LogP contribution in [0, 0.1) is 10.5 Å². The first-order chi connectivity index (χ1) is 10.2. The number of benzene rings is 1. The molecule has 1 aromatic carbocycles. The number of fused-ring (bicyclic) bond motifs is 1. The Bertz CT molecular complexity index is 727. The van der Waals surface area contributed by atoms with Crippen LogP contribution in [0.25, 0.3) is 16.9 Å². The van der Waals surface area contributed by atoms with Gasteiger partial charge in [0.25, 0.3) is 0 Å². The fraction of sp³-hybridized carbons (Fsp3) is 0.188. The predicted molar refractivity (Wildman–Crippen MR) is 90.7 cm³/mol. The van der Waals surface area contributed by atoms with E-state index in [1.165, 1.54) is 9.13 Å². The second-order valence-electron chi connectivity index (χ2n) is 4.79. The number of rotatable bonds is 4. The second kappa shape index (κ2) is 6.03. The lowest BCUT2D eigenvalue weighted by molar-refractivity contribution is 0.201. The van der Waals surface area contributed by atoms with E-state index in [1.807, 2.05) is 34.9 Å². The van der Waals surface area contributed by atoms with Gasteiger partial charge in [-0.25, -0.2) is 4.98 Å². The largest absolute Gasteiger partial charge is 0.491 e. The van der Waals surface area contributed by atoms with E-state index in [0.29, 0.717) is 6.61 Å². The van der Waals surface area contributed by atoms with Crippen molar-refractivity contribution in [2.45, 2.75) is 6.92 Å². The van der Waals surface area contributed by atoms with Crippen LogP contribution >= 0.6 is 22.6 Å². The van der Waals surface area contributed by atoms with E-state index in [2.05, 4.69) is 46.8 Å². The molecule has 3 rings (SSSR count). The van der Waals surface area contributed by atoms with E-state index in [0.717, 1.165) is 22.7 Å². The molecule has 3 aromatic rings. The van der Waals surface area contributed by atoms with Crippen LogP contribution in [0.15, 0.2) is 42.7 Å². The average molecular weight is 390 g/mol. The lowest BCUT2D eigenvalue weighted by Crippen LogP contribution is -2.01. The summed E-state index contributed by atoms with van der Waals surface area (Å²) in [5, 5.41) is 8.75. The van der Waals surface area contributed by atoms with Crippen molar-refractivity contribution >= 4 is 28.2 Å². The molecule has 0 saturated carbocycles. The Balaban J connectivity index is 1.92. The molecule has 0 aliphatic rings. The monoisotopic (exact) mass is 390 g/mol. The summed E-state index contributed by atoms with van der Waals surface area (Å²) in [6.07, 6.45) is 4.11. The van der Waals surface area contributed by atoms with Gasteiger partial charge in [-0.2, -0.15) is 0 Å². The number of imidazole rings is 1. The molecule has 2 heterocycles. The minimum atomic E-state index is 0.0200. The highest BCUT2D eigenvalue weighted by Gasteiger charge is 2.06. The zero-order valence-corrected chi connectivity index (χ0v) is 13.7. The van der Waals surface area contributed by atoms with E-state index in [-0.39, 0.29) is 6.61 Å². The molecular formula is C16H15IN2O2. The third-order valence-electron chi connectivity index (χ3n) is 3.25. The maximum absolute atomic E-state index is 8.75. The highest BCUT2D eigenvalue weighted by atomic mass is 123. The van der Waals surface area contributed by atoms with Crippen LogP contribution in [-0.2, 0) is 0 Å². The first kappa shape index (κ1) is 14.3. The number of halogens is 1. The Labute approximate surface area is 136 Å². The van der Waals surface area contributed by atoms with Crippen LogP contribution in [0.4, 0.5) is 0 Å². The predicted octanol–water partition coefficient (Wildman–Crippen LogP) is 3.29. The number of nitrogens with zero attached hydrogens (tertiary/aromatic N) is 2. The summed E-state index contributed by atoms with van der Waals surface area (Å²) in [5.41, 5.74) is 4.16. The van der Waals surface area contributed by atoms with Gasteiger partial charge in [-0.1, -0.05) is 0 Å². The summed E-state index contributed by atoms with van der Waals surface area (Å²) in [7, 11) is 0. The quantitative estimate of drug-likeness (QED) is 0.696. The topological polar surface area (TPSA) is 46.8 Å². The molecule has 2 aromatic heterocycles. The van der Waals surface area contributed by atoms with Gasteiger partial charge in [0.15, 0.2) is 0 Å². The molecule has 0 unspecified atom stereocenters. The van der Waals surface area contributed by atoms with Gasteiger partial charge in [-0.15, -0.1) is 0 Å². The third-order valence-corrected chi connectivity index (χ3v) is 4.38. The van der Waals surface area contributed by atoms with Gasteiger partial charge in [-0.3, -0.25) is 0 Å².